The highest BCUT2D eigenvalue weighted by molar-refractivity contribution is 8.07. The first-order valence-electron chi connectivity index (χ1n) is 24.8. The maximum atomic E-state index is 14.4. The van der Waals surface area contributed by atoms with Crippen LogP contribution in [0.4, 0.5) is 58.7 Å². The van der Waals surface area contributed by atoms with Crippen molar-refractivity contribution in [3.8, 4) is 22.3 Å². The average molecular weight is 1290 g/mol. The summed E-state index contributed by atoms with van der Waals surface area (Å²) in [6, 6.07) is 14.5. The van der Waals surface area contributed by atoms with Crippen LogP contribution >= 0.6 is 25.9 Å². The lowest BCUT2D eigenvalue weighted by Gasteiger charge is -2.23. The van der Waals surface area contributed by atoms with E-state index in [1.807, 2.05) is 0 Å². The summed E-state index contributed by atoms with van der Waals surface area (Å²) in [6.45, 7) is 1.65. The van der Waals surface area contributed by atoms with Crippen LogP contribution in [0.2, 0.25) is 0 Å². The number of nitrogens with two attached hydrogens (primary N) is 2. The van der Waals surface area contributed by atoms with Crippen molar-refractivity contribution in [2.75, 3.05) is 35.2 Å². The molecule has 4 atom stereocenters. The molecule has 23 nitrogen and oxygen atoms in total. The van der Waals surface area contributed by atoms with Gasteiger partial charge in [0.1, 0.15) is 65.9 Å². The van der Waals surface area contributed by atoms with Gasteiger partial charge in [-0.15, -0.1) is 12.4 Å². The molecule has 10 rings (SSSR count). The number of alkyl halides is 8. The number of aromatic nitrogens is 10. The lowest BCUT2D eigenvalue weighted by Crippen LogP contribution is -2.44. The normalized spacial score (nSPS) is 16.1. The molecule has 8 aromatic rings. The second-order valence-corrected chi connectivity index (χ2v) is 18.6. The number of carbonyl (C=O) groups excluding carboxylic acids is 5. The van der Waals surface area contributed by atoms with Crippen LogP contribution in [-0.4, -0.2) is 132 Å². The Balaban J connectivity index is 0.000000254. The quantitative estimate of drug-likeness (QED) is 0.0535. The molecule has 8 heterocycles. The van der Waals surface area contributed by atoms with E-state index in [0.717, 1.165) is 46.4 Å². The van der Waals surface area contributed by atoms with E-state index in [1.165, 1.54) is 41.7 Å². The van der Waals surface area contributed by atoms with Gasteiger partial charge < -0.3 is 37.4 Å². The summed E-state index contributed by atoms with van der Waals surface area (Å²) in [6.07, 6.45) is -6.09. The molecular formula is C52H49ClF8N16O7S3. The molecule has 2 aromatic carbocycles. The Morgan fingerprint density at radius 1 is 0.644 bits per heavy atom. The molecule has 2 aliphatic heterocycles. The summed E-state index contributed by atoms with van der Waals surface area (Å²) in [4.78, 5) is 96.4. The first kappa shape index (κ1) is 68.9. The Hall–Kier alpha value is -8.86. The third-order valence-electron chi connectivity index (χ3n) is 12.6. The van der Waals surface area contributed by atoms with E-state index in [2.05, 4.69) is 78.4 Å². The Kier molecular flexibility index (Phi) is 23.4. The summed E-state index contributed by atoms with van der Waals surface area (Å²) in [5.41, 5.74) is 12.9. The fourth-order valence-electron chi connectivity index (χ4n) is 8.75. The smallest absolute Gasteiger partial charge is 0.433 e. The molecule has 3 amide bonds. The van der Waals surface area contributed by atoms with Crippen molar-refractivity contribution in [2.45, 2.75) is 76.6 Å². The molecule has 87 heavy (non-hydrogen) atoms. The van der Waals surface area contributed by atoms with E-state index in [4.69, 9.17) is 16.6 Å². The number of anilines is 4. The summed E-state index contributed by atoms with van der Waals surface area (Å²) in [5.74, 6) is -4.07. The SMILES string of the molecule is CC(=O)c1nn(CC(=O)N2C[C@H](F)C[C@H]2C(=O)Nc2cccc(C(F)(F)F)n2)c2ccc(-c3cnc(N)nc3)cc12.CC(=O)c1nn(CC(=O)O)c2ccc(-c3cnc(N)nc3)cc12.Cl.O=C(Nc1cccc(C(F)(F)F)n1)[C@@H]1C[C@@H](F)CN1.S.S=S. The van der Waals surface area contributed by atoms with Crippen LogP contribution in [-0.2, 0) is 67.0 Å². The van der Waals surface area contributed by atoms with E-state index < -0.39 is 84.9 Å². The molecule has 0 spiro atoms. The van der Waals surface area contributed by atoms with Crippen molar-refractivity contribution in [2.24, 2.45) is 0 Å². The lowest BCUT2D eigenvalue weighted by molar-refractivity contribution is -0.141. The van der Waals surface area contributed by atoms with E-state index in [9.17, 15) is 63.9 Å². The highest BCUT2D eigenvalue weighted by atomic mass is 35.5. The Labute approximate surface area is 509 Å². The van der Waals surface area contributed by atoms with E-state index in [0.29, 0.717) is 32.9 Å². The molecule has 0 bridgehead atoms. The van der Waals surface area contributed by atoms with Gasteiger partial charge in [-0.3, -0.25) is 38.1 Å². The number of carboxylic acid groups (broad SMARTS) is 1. The number of carbonyl (C=O) groups is 6. The highest BCUT2D eigenvalue weighted by Crippen LogP contribution is 2.32. The number of likely N-dealkylation sites (tertiary alicyclic amines) is 1. The number of Topliss-reactive ketones (excluding diaryl/α,β-unsaturated/α-hetero) is 2. The maximum absolute atomic E-state index is 14.4. The van der Waals surface area contributed by atoms with Gasteiger partial charge in [0.15, 0.2) is 11.6 Å². The van der Waals surface area contributed by atoms with Gasteiger partial charge in [-0.25, -0.2) is 38.7 Å². The third-order valence-corrected chi connectivity index (χ3v) is 12.6. The molecule has 0 aliphatic carbocycles. The van der Waals surface area contributed by atoms with Gasteiger partial charge >= 0.3 is 18.3 Å². The first-order valence-corrected chi connectivity index (χ1v) is 26.1. The topological polar surface area (TPSA) is 327 Å². The zero-order valence-electron chi connectivity index (χ0n) is 45.0. The third kappa shape index (κ3) is 17.4. The number of pyridine rings is 2. The number of hydrogen-bond acceptors (Lipinski definition) is 19. The van der Waals surface area contributed by atoms with Gasteiger partial charge in [0.05, 0.1) is 23.6 Å². The van der Waals surface area contributed by atoms with Crippen molar-refractivity contribution in [3.63, 3.8) is 0 Å². The van der Waals surface area contributed by atoms with E-state index in [1.54, 1.807) is 48.8 Å². The van der Waals surface area contributed by atoms with Crippen LogP contribution in [0.3, 0.4) is 0 Å². The lowest BCUT2D eigenvalue weighted by atomic mass is 10.0. The van der Waals surface area contributed by atoms with Gasteiger partial charge in [-0.05, 0) is 59.7 Å². The first-order chi connectivity index (χ1) is 40.2. The van der Waals surface area contributed by atoms with Crippen LogP contribution in [0.25, 0.3) is 44.1 Å². The molecule has 2 saturated heterocycles. The largest absolute Gasteiger partial charge is 0.480 e. The summed E-state index contributed by atoms with van der Waals surface area (Å²) >= 11 is 7.33. The van der Waals surface area contributed by atoms with Crippen molar-refractivity contribution in [1.29, 1.82) is 0 Å². The van der Waals surface area contributed by atoms with Gasteiger partial charge in [-0.2, -0.15) is 50.0 Å². The van der Waals surface area contributed by atoms with E-state index >= 15 is 0 Å². The molecule has 8 N–H and O–H groups in total. The fraction of sp³-hybridized carbons (Fsp3) is 0.269. The summed E-state index contributed by atoms with van der Waals surface area (Å²) in [7, 11) is 0. The van der Waals surface area contributed by atoms with Gasteiger partial charge in [0.25, 0.3) is 0 Å². The van der Waals surface area contributed by atoms with Crippen LogP contribution in [0, 0.1) is 0 Å². The molecule has 2 aliphatic rings. The summed E-state index contributed by atoms with van der Waals surface area (Å²) < 4.78 is 106. The molecule has 2 fully saturated rings. The number of fused-ring (bicyclic) bond motifs is 2. The zero-order valence-corrected chi connectivity index (χ0v) is 48.5. The second kappa shape index (κ2) is 29.5. The number of nitrogens with zero attached hydrogens (tertiary/aromatic N) is 11. The molecule has 0 unspecified atom stereocenters. The minimum atomic E-state index is -4.73. The molecular weight excluding hydrogens is 1240 g/mol. The number of rotatable bonds is 12. The average Bonchev–Trinajstić information content (AvgIpc) is 1.76. The number of aliphatic carboxylic acids is 1. The Morgan fingerprint density at radius 2 is 1.08 bits per heavy atom. The minimum absolute atomic E-state index is 0. The maximum Gasteiger partial charge on any atom is 0.433 e. The molecule has 0 radical (unpaired) electrons. The zero-order chi connectivity index (χ0) is 62.1. The number of benzene rings is 2. The molecule has 6 aromatic heterocycles. The standard InChI is InChI=1S/C26H22F4N8O3.C15H13N5O3.C11H11F4N3O.ClH.S2.H2S/c1-13(39)23-17-7-14(15-9-32-25(31)33-10-15)5-6-18(17)38(36-23)12-22(40)37-11-16(27)8-19(37)24(41)35-21-4-2-3-20(34-21)26(28,29)30;1-8(21)14-11-4-9(10-5-17-15(16)18-6-10)2-3-12(11)20(19-14)7-13(22)23;12-6-4-7(16-5-6)10(19)18-9-3-1-2-8(17-9)11(13,14)15;;1-2;/h2-7,9-10,16,19H,8,11-12H2,1H3,(H2,31,32,33)(H,34,35,41);2-6H,7H2,1H3,(H,22,23)(H2,16,17,18);1-3,6-7,16H,4-5H2,(H,17,18,19);1H;;1H2/t16-,19+;;6-,7+;;;/m1.1.../s1. The number of carboxylic acids is 1. The van der Waals surface area contributed by atoms with Crippen molar-refractivity contribution < 1.29 is 69.0 Å². The molecule has 0 saturated carbocycles. The number of ketones is 2. The van der Waals surface area contributed by atoms with Crippen LogP contribution in [0.5, 0.6) is 0 Å². The van der Waals surface area contributed by atoms with Crippen molar-refractivity contribution in [3.05, 3.63) is 120 Å². The van der Waals surface area contributed by atoms with Crippen molar-refractivity contribution in [1.82, 2.24) is 59.7 Å². The number of halogens is 9. The molecule has 460 valence electrons. The van der Waals surface area contributed by atoms with Crippen LogP contribution in [0.1, 0.15) is 59.1 Å². The number of nitrogens with one attached hydrogen (secondary N) is 3. The van der Waals surface area contributed by atoms with E-state index in [-0.39, 0.29) is 98.3 Å². The summed E-state index contributed by atoms with van der Waals surface area (Å²) in [5, 5.41) is 25.5. The Morgan fingerprint density at radius 3 is 1.48 bits per heavy atom. The predicted octanol–water partition coefficient (Wildman–Crippen LogP) is 6.90. The number of amides is 3. The van der Waals surface area contributed by atoms with Crippen molar-refractivity contribution >= 4 is 129 Å². The van der Waals surface area contributed by atoms with Crippen LogP contribution < -0.4 is 27.4 Å². The number of hydrogen-bond donors (Lipinski definition) is 6. The monoisotopic (exact) mass is 1290 g/mol. The minimum Gasteiger partial charge on any atom is -0.480 e. The van der Waals surface area contributed by atoms with Gasteiger partial charge in [-0.1, -0.05) is 24.3 Å². The predicted molar refractivity (Wildman–Crippen MR) is 312 cm³/mol. The number of nitrogen functional groups attached to an aromatic ring is 2. The van der Waals surface area contributed by atoms with Gasteiger partial charge in [0.2, 0.25) is 29.6 Å². The van der Waals surface area contributed by atoms with Gasteiger partial charge in [0, 0.05) is 102 Å². The molecule has 35 heteroatoms. The second-order valence-electron chi connectivity index (χ2n) is 18.6. The highest BCUT2D eigenvalue weighted by Gasteiger charge is 2.41. The van der Waals surface area contributed by atoms with Crippen LogP contribution in [0.15, 0.2) is 97.6 Å². The Bertz CT molecular complexity index is 3810. The fourth-order valence-corrected chi connectivity index (χ4v) is 8.75.